The quantitative estimate of drug-likeness (QED) is 0.706. The van der Waals surface area contributed by atoms with E-state index in [-0.39, 0.29) is 17.5 Å². The molecular formula is C27H32O4. The summed E-state index contributed by atoms with van der Waals surface area (Å²) in [4.78, 5) is 11.5. The highest BCUT2D eigenvalue weighted by molar-refractivity contribution is 5.66. The molecule has 2 aromatic rings. The van der Waals surface area contributed by atoms with Crippen LogP contribution in [0.5, 0.6) is 5.75 Å². The highest BCUT2D eigenvalue weighted by Crippen LogP contribution is 2.61. The number of aryl methyl sites for hydroxylation is 1. The van der Waals surface area contributed by atoms with Crippen molar-refractivity contribution in [1.82, 2.24) is 0 Å². The number of aliphatic hydroxyl groups is 1. The van der Waals surface area contributed by atoms with Gasteiger partial charge in [-0.3, -0.25) is 4.79 Å². The predicted octanol–water partition coefficient (Wildman–Crippen LogP) is 5.02. The van der Waals surface area contributed by atoms with E-state index < -0.39 is 6.10 Å². The molecule has 0 radical (unpaired) electrons. The van der Waals surface area contributed by atoms with Crippen molar-refractivity contribution in [3.63, 3.8) is 0 Å². The van der Waals surface area contributed by atoms with Crippen LogP contribution in [0.1, 0.15) is 62.1 Å². The predicted molar refractivity (Wildman–Crippen MR) is 119 cm³/mol. The third kappa shape index (κ3) is 3.65. The van der Waals surface area contributed by atoms with Gasteiger partial charge in [-0.25, -0.2) is 0 Å². The molecule has 31 heavy (non-hydrogen) atoms. The zero-order valence-corrected chi connectivity index (χ0v) is 18.4. The Balaban J connectivity index is 1.33. The highest BCUT2D eigenvalue weighted by atomic mass is 16.6. The van der Waals surface area contributed by atoms with E-state index in [1.807, 2.05) is 18.2 Å². The molecule has 3 aliphatic rings. The molecule has 164 valence electrons. The summed E-state index contributed by atoms with van der Waals surface area (Å²) in [6, 6.07) is 16.9. The van der Waals surface area contributed by atoms with E-state index in [9.17, 15) is 9.90 Å². The van der Waals surface area contributed by atoms with Crippen LogP contribution < -0.4 is 4.74 Å². The van der Waals surface area contributed by atoms with Crippen LogP contribution in [-0.4, -0.2) is 23.3 Å². The van der Waals surface area contributed by atoms with Gasteiger partial charge in [0, 0.05) is 12.3 Å². The number of benzene rings is 2. The molecule has 5 rings (SSSR count). The van der Waals surface area contributed by atoms with Gasteiger partial charge in [0.1, 0.15) is 18.5 Å². The number of ether oxygens (including phenoxy) is 2. The van der Waals surface area contributed by atoms with Crippen molar-refractivity contribution in [2.75, 3.05) is 0 Å². The summed E-state index contributed by atoms with van der Waals surface area (Å²) in [7, 11) is 0. The van der Waals surface area contributed by atoms with Gasteiger partial charge in [0.15, 0.2) is 0 Å². The lowest BCUT2D eigenvalue weighted by molar-refractivity contribution is -0.153. The van der Waals surface area contributed by atoms with E-state index in [1.165, 1.54) is 23.6 Å². The minimum Gasteiger partial charge on any atom is -0.489 e. The molecule has 2 aromatic carbocycles. The first kappa shape index (κ1) is 20.6. The Kier molecular flexibility index (Phi) is 5.29. The van der Waals surface area contributed by atoms with E-state index in [2.05, 4.69) is 37.3 Å². The molecule has 2 fully saturated rings. The van der Waals surface area contributed by atoms with Gasteiger partial charge in [-0.1, -0.05) is 43.3 Å². The topological polar surface area (TPSA) is 55.8 Å². The summed E-state index contributed by atoms with van der Waals surface area (Å²) in [6.45, 7) is 4.23. The molecule has 3 aliphatic carbocycles. The summed E-state index contributed by atoms with van der Waals surface area (Å²) < 4.78 is 11.6. The summed E-state index contributed by atoms with van der Waals surface area (Å²) in [5.41, 5.74) is 3.88. The molecular weight excluding hydrogens is 388 g/mol. The summed E-state index contributed by atoms with van der Waals surface area (Å²) >= 11 is 0. The molecule has 0 heterocycles. The molecule has 0 spiro atoms. The number of carbonyl (C=O) groups excluding carboxylic acids is 1. The van der Waals surface area contributed by atoms with Crippen molar-refractivity contribution in [2.24, 2.45) is 17.3 Å². The first-order valence-corrected chi connectivity index (χ1v) is 11.6. The molecule has 4 heteroatoms. The SMILES string of the molecule is CC(=O)O[C@@H]1C[C@H]2[C@@H]3CCc4cc(OCc5ccccc5)ccc4[C@H]3CC[C@]2(C)[C@H]1O. The molecule has 4 nitrogen and oxygen atoms in total. The Morgan fingerprint density at radius 3 is 2.74 bits per heavy atom. The number of fused-ring (bicyclic) bond motifs is 5. The molecule has 0 bridgehead atoms. The number of hydrogen-bond donors (Lipinski definition) is 1. The standard InChI is InChI=1S/C27H32O4/c1-17(28)31-25-15-24-23-10-8-19-14-20(30-16-18-6-4-3-5-7-18)9-11-21(19)22(23)12-13-27(24,2)26(25)29/h3-7,9,11,14,22-26,29H,8,10,12-13,15-16H2,1-2H3/t22-,23-,24+,25-,26+,27+/m1/s1. The third-order valence-electron chi connectivity index (χ3n) is 8.22. The van der Waals surface area contributed by atoms with Crippen molar-refractivity contribution < 1.29 is 19.4 Å². The second-order valence-electron chi connectivity index (χ2n) is 9.92. The van der Waals surface area contributed by atoms with Crippen molar-refractivity contribution >= 4 is 5.97 Å². The van der Waals surface area contributed by atoms with Gasteiger partial charge >= 0.3 is 5.97 Å². The van der Waals surface area contributed by atoms with Crippen LogP contribution in [0, 0.1) is 17.3 Å². The maximum Gasteiger partial charge on any atom is 0.302 e. The summed E-state index contributed by atoms with van der Waals surface area (Å²) in [5.74, 6) is 2.10. The normalized spacial score (nSPS) is 33.7. The van der Waals surface area contributed by atoms with Gasteiger partial charge in [0.25, 0.3) is 0 Å². The van der Waals surface area contributed by atoms with Crippen LogP contribution in [-0.2, 0) is 22.6 Å². The average Bonchev–Trinajstić information content (AvgIpc) is 3.02. The van der Waals surface area contributed by atoms with Crippen LogP contribution in [0.3, 0.4) is 0 Å². The first-order valence-electron chi connectivity index (χ1n) is 11.6. The highest BCUT2D eigenvalue weighted by Gasteiger charge is 2.59. The average molecular weight is 421 g/mol. The van der Waals surface area contributed by atoms with E-state index >= 15 is 0 Å². The number of rotatable bonds is 4. The Labute approximate surface area is 184 Å². The lowest BCUT2D eigenvalue weighted by atomic mass is 9.55. The number of carbonyl (C=O) groups is 1. The Hall–Kier alpha value is -2.33. The van der Waals surface area contributed by atoms with Gasteiger partial charge in [0.05, 0.1) is 6.10 Å². The Morgan fingerprint density at radius 2 is 1.97 bits per heavy atom. The van der Waals surface area contributed by atoms with Crippen molar-refractivity contribution in [1.29, 1.82) is 0 Å². The van der Waals surface area contributed by atoms with Crippen LogP contribution in [0.2, 0.25) is 0 Å². The largest absolute Gasteiger partial charge is 0.489 e. The lowest BCUT2D eigenvalue weighted by Crippen LogP contribution is -2.45. The molecule has 6 atom stereocenters. The second-order valence-corrected chi connectivity index (χ2v) is 9.92. The zero-order valence-electron chi connectivity index (χ0n) is 18.4. The van der Waals surface area contributed by atoms with Gasteiger partial charge in [-0.15, -0.1) is 0 Å². The van der Waals surface area contributed by atoms with Gasteiger partial charge in [0.2, 0.25) is 0 Å². The van der Waals surface area contributed by atoms with E-state index in [0.29, 0.717) is 24.4 Å². The van der Waals surface area contributed by atoms with Gasteiger partial charge in [-0.2, -0.15) is 0 Å². The molecule has 0 aliphatic heterocycles. The van der Waals surface area contributed by atoms with Crippen molar-refractivity contribution in [3.05, 3.63) is 65.2 Å². The van der Waals surface area contributed by atoms with Gasteiger partial charge in [-0.05, 0) is 78.7 Å². The van der Waals surface area contributed by atoms with Crippen molar-refractivity contribution in [2.45, 2.75) is 70.7 Å². The van der Waals surface area contributed by atoms with Crippen LogP contribution in [0.4, 0.5) is 0 Å². The van der Waals surface area contributed by atoms with Crippen LogP contribution >= 0.6 is 0 Å². The fraction of sp³-hybridized carbons (Fsp3) is 0.519. The fourth-order valence-corrected chi connectivity index (χ4v) is 6.68. The fourth-order valence-electron chi connectivity index (χ4n) is 6.68. The molecule has 0 unspecified atom stereocenters. The monoisotopic (exact) mass is 420 g/mol. The van der Waals surface area contributed by atoms with E-state index in [0.717, 1.165) is 37.9 Å². The molecule has 2 saturated carbocycles. The summed E-state index contributed by atoms with van der Waals surface area (Å²) in [5, 5.41) is 11.0. The van der Waals surface area contributed by atoms with Crippen LogP contribution in [0.15, 0.2) is 48.5 Å². The number of hydrogen-bond acceptors (Lipinski definition) is 4. The number of esters is 1. The van der Waals surface area contributed by atoms with Crippen molar-refractivity contribution in [3.8, 4) is 5.75 Å². The third-order valence-corrected chi connectivity index (χ3v) is 8.22. The van der Waals surface area contributed by atoms with E-state index in [4.69, 9.17) is 9.47 Å². The first-order chi connectivity index (χ1) is 15.0. The molecule has 0 saturated heterocycles. The van der Waals surface area contributed by atoms with Crippen LogP contribution in [0.25, 0.3) is 0 Å². The molecule has 0 aromatic heterocycles. The number of aliphatic hydroxyl groups excluding tert-OH is 1. The minimum absolute atomic E-state index is 0.155. The Bertz CT molecular complexity index is 955. The van der Waals surface area contributed by atoms with E-state index in [1.54, 1.807) is 0 Å². The molecule has 0 amide bonds. The lowest BCUT2D eigenvalue weighted by Gasteiger charge is -2.49. The second kappa shape index (κ2) is 7.98. The maximum atomic E-state index is 11.5. The zero-order chi connectivity index (χ0) is 21.6. The van der Waals surface area contributed by atoms with Gasteiger partial charge < -0.3 is 14.6 Å². The Morgan fingerprint density at radius 1 is 1.16 bits per heavy atom. The minimum atomic E-state index is -0.558. The summed E-state index contributed by atoms with van der Waals surface area (Å²) in [6.07, 6.45) is 4.09. The maximum absolute atomic E-state index is 11.5. The molecule has 1 N–H and O–H groups in total. The smallest absolute Gasteiger partial charge is 0.302 e.